The van der Waals surface area contributed by atoms with Crippen LogP contribution in [0.3, 0.4) is 0 Å². The van der Waals surface area contributed by atoms with Gasteiger partial charge in [0.15, 0.2) is 0 Å². The number of hydrogen-bond acceptors (Lipinski definition) is 5. The Morgan fingerprint density at radius 1 is 1.23 bits per heavy atom. The molecule has 31 heavy (non-hydrogen) atoms. The van der Waals surface area contributed by atoms with E-state index in [0.29, 0.717) is 23.1 Å². The second kappa shape index (κ2) is 9.07. The van der Waals surface area contributed by atoms with Gasteiger partial charge in [0, 0.05) is 36.7 Å². The molecule has 1 aromatic carbocycles. The topological polar surface area (TPSA) is 129 Å². The molecule has 0 bridgehead atoms. The van der Waals surface area contributed by atoms with E-state index in [9.17, 15) is 23.6 Å². The maximum absolute atomic E-state index is 13.9. The lowest BCUT2D eigenvalue weighted by Crippen LogP contribution is -2.40. The van der Waals surface area contributed by atoms with Crippen molar-refractivity contribution in [2.75, 3.05) is 25.0 Å². The highest BCUT2D eigenvalue weighted by atomic mass is 19.1. The lowest BCUT2D eigenvalue weighted by molar-refractivity contribution is -0.138. The van der Waals surface area contributed by atoms with Crippen molar-refractivity contribution in [3.63, 3.8) is 0 Å². The Kier molecular flexibility index (Phi) is 6.47. The molecule has 2 aromatic rings. The van der Waals surface area contributed by atoms with Gasteiger partial charge >= 0.3 is 5.97 Å². The van der Waals surface area contributed by atoms with Crippen molar-refractivity contribution in [3.8, 4) is 0 Å². The number of carbonyl (C=O) groups excluding carboxylic acids is 3. The summed E-state index contributed by atoms with van der Waals surface area (Å²) in [5.41, 5.74) is -0.251. The number of carboxylic acids is 1. The number of nitrogens with one attached hydrogen (secondary N) is 2. The number of aromatic nitrogens is 1. The summed E-state index contributed by atoms with van der Waals surface area (Å²) in [6, 6.07) is 6.27. The van der Waals surface area contributed by atoms with Gasteiger partial charge in [-0.15, -0.1) is 0 Å². The van der Waals surface area contributed by atoms with Gasteiger partial charge in [-0.3, -0.25) is 24.2 Å². The summed E-state index contributed by atoms with van der Waals surface area (Å²) in [4.78, 5) is 53.0. The zero-order valence-corrected chi connectivity index (χ0v) is 17.0. The molecular formula is C21H23FN4O5. The summed E-state index contributed by atoms with van der Waals surface area (Å²) < 4.78 is 13.9. The molecule has 0 aliphatic carbocycles. The molecular weight excluding hydrogens is 407 g/mol. The highest BCUT2D eigenvalue weighted by molar-refractivity contribution is 6.08. The maximum atomic E-state index is 13.9. The zero-order valence-electron chi connectivity index (χ0n) is 17.0. The molecule has 0 spiro atoms. The van der Waals surface area contributed by atoms with Crippen molar-refractivity contribution in [2.45, 2.75) is 31.9 Å². The van der Waals surface area contributed by atoms with E-state index in [1.165, 1.54) is 24.1 Å². The Bertz CT molecular complexity index is 1040. The van der Waals surface area contributed by atoms with Crippen LogP contribution in [0.25, 0.3) is 10.9 Å². The monoisotopic (exact) mass is 430 g/mol. The van der Waals surface area contributed by atoms with Crippen LogP contribution in [0.2, 0.25) is 0 Å². The summed E-state index contributed by atoms with van der Waals surface area (Å²) >= 11 is 0. The van der Waals surface area contributed by atoms with Gasteiger partial charge in [0.05, 0.1) is 30.6 Å². The standard InChI is InChI=1S/C21H23FN4O5/c1-21(22)7-9-26(12-21)18(28)11-24-20(31)14-6-8-23-16-3-2-13(10-15(14)16)25-17(27)4-5-19(29)30/h2-3,6,8,10H,4-5,7,9,11-12H2,1H3,(H,24,31)(H,25,27)(H,29,30). The molecule has 1 saturated heterocycles. The fraction of sp³-hybridized carbons (Fsp3) is 0.381. The Balaban J connectivity index is 1.69. The number of amides is 3. The first-order chi connectivity index (χ1) is 14.6. The number of fused-ring (bicyclic) bond motifs is 1. The number of likely N-dealkylation sites (tertiary alicyclic amines) is 1. The molecule has 0 saturated carbocycles. The van der Waals surface area contributed by atoms with E-state index in [0.717, 1.165) is 0 Å². The number of alkyl halides is 1. The average Bonchev–Trinajstić information content (AvgIpc) is 3.09. The third-order valence-corrected chi connectivity index (χ3v) is 5.01. The SMILES string of the molecule is CC1(F)CCN(C(=O)CNC(=O)c2ccnc3ccc(NC(=O)CCC(=O)O)cc23)C1. The fourth-order valence-corrected chi connectivity index (χ4v) is 3.37. The van der Waals surface area contributed by atoms with Gasteiger partial charge in [0.1, 0.15) is 5.67 Å². The number of anilines is 1. The number of nitrogens with zero attached hydrogens (tertiary/aromatic N) is 2. The number of rotatable bonds is 7. The number of pyridine rings is 1. The third kappa shape index (κ3) is 5.74. The van der Waals surface area contributed by atoms with Crippen LogP contribution in [-0.4, -0.2) is 64.0 Å². The van der Waals surface area contributed by atoms with Gasteiger partial charge in [-0.1, -0.05) is 0 Å². The zero-order chi connectivity index (χ0) is 22.6. The van der Waals surface area contributed by atoms with E-state index in [4.69, 9.17) is 5.11 Å². The summed E-state index contributed by atoms with van der Waals surface area (Å²) in [5.74, 6) is -2.40. The summed E-state index contributed by atoms with van der Waals surface area (Å²) in [5, 5.41) is 14.3. The lowest BCUT2D eigenvalue weighted by atomic mass is 10.1. The van der Waals surface area contributed by atoms with Gasteiger partial charge < -0.3 is 20.6 Å². The molecule has 164 valence electrons. The van der Waals surface area contributed by atoms with Crippen molar-refractivity contribution in [1.29, 1.82) is 0 Å². The van der Waals surface area contributed by atoms with Crippen LogP contribution in [0.15, 0.2) is 30.5 Å². The molecule has 9 nitrogen and oxygen atoms in total. The van der Waals surface area contributed by atoms with Crippen molar-refractivity contribution >= 4 is 40.3 Å². The van der Waals surface area contributed by atoms with Gasteiger partial charge in [0.2, 0.25) is 11.8 Å². The molecule has 1 aliphatic rings. The summed E-state index contributed by atoms with van der Waals surface area (Å²) in [7, 11) is 0. The molecule has 1 aliphatic heterocycles. The van der Waals surface area contributed by atoms with E-state index >= 15 is 0 Å². The van der Waals surface area contributed by atoms with Gasteiger partial charge in [0.25, 0.3) is 5.91 Å². The number of hydrogen-bond donors (Lipinski definition) is 3. The molecule has 1 atom stereocenters. The minimum atomic E-state index is -1.41. The molecule has 1 unspecified atom stereocenters. The van der Waals surface area contributed by atoms with Crippen LogP contribution >= 0.6 is 0 Å². The smallest absolute Gasteiger partial charge is 0.303 e. The van der Waals surface area contributed by atoms with E-state index in [2.05, 4.69) is 15.6 Å². The van der Waals surface area contributed by atoms with E-state index in [1.54, 1.807) is 18.2 Å². The Labute approximate surface area is 177 Å². The predicted octanol–water partition coefficient (Wildman–Crippen LogP) is 1.73. The molecule has 3 N–H and O–H groups in total. The third-order valence-electron chi connectivity index (χ3n) is 5.01. The van der Waals surface area contributed by atoms with Crippen LogP contribution in [0, 0.1) is 0 Å². The quantitative estimate of drug-likeness (QED) is 0.614. The van der Waals surface area contributed by atoms with Gasteiger partial charge in [-0.25, -0.2) is 4.39 Å². The molecule has 1 aromatic heterocycles. The van der Waals surface area contributed by atoms with Crippen molar-refractivity contribution in [1.82, 2.24) is 15.2 Å². The highest BCUT2D eigenvalue weighted by Crippen LogP contribution is 2.25. The Morgan fingerprint density at radius 3 is 2.68 bits per heavy atom. The fourth-order valence-electron chi connectivity index (χ4n) is 3.37. The molecule has 10 heteroatoms. The first kappa shape index (κ1) is 22.1. The Morgan fingerprint density at radius 2 is 2.00 bits per heavy atom. The Hall–Kier alpha value is -3.56. The van der Waals surface area contributed by atoms with Crippen LogP contribution in [0.1, 0.15) is 36.5 Å². The summed E-state index contributed by atoms with van der Waals surface area (Å²) in [6.07, 6.45) is 1.26. The predicted molar refractivity (Wildman–Crippen MR) is 110 cm³/mol. The van der Waals surface area contributed by atoms with Gasteiger partial charge in [-0.2, -0.15) is 0 Å². The van der Waals surface area contributed by atoms with Crippen molar-refractivity contribution < 1.29 is 28.7 Å². The molecule has 3 amide bonds. The van der Waals surface area contributed by atoms with Crippen molar-refractivity contribution in [2.24, 2.45) is 0 Å². The van der Waals surface area contributed by atoms with Crippen LogP contribution in [-0.2, 0) is 14.4 Å². The van der Waals surface area contributed by atoms with E-state index in [1.807, 2.05) is 0 Å². The summed E-state index contributed by atoms with van der Waals surface area (Å²) in [6.45, 7) is 1.50. The van der Waals surface area contributed by atoms with E-state index < -0.39 is 23.5 Å². The second-order valence-corrected chi connectivity index (χ2v) is 7.69. The molecule has 3 rings (SSSR count). The first-order valence-corrected chi connectivity index (χ1v) is 9.80. The van der Waals surface area contributed by atoms with Crippen LogP contribution < -0.4 is 10.6 Å². The highest BCUT2D eigenvalue weighted by Gasteiger charge is 2.35. The molecule has 1 fully saturated rings. The maximum Gasteiger partial charge on any atom is 0.303 e. The minimum Gasteiger partial charge on any atom is -0.481 e. The van der Waals surface area contributed by atoms with Crippen molar-refractivity contribution in [3.05, 3.63) is 36.0 Å². The second-order valence-electron chi connectivity index (χ2n) is 7.69. The van der Waals surface area contributed by atoms with Crippen LogP contribution in [0.5, 0.6) is 0 Å². The minimum absolute atomic E-state index is 0.00479. The normalized spacial score (nSPS) is 18.1. The number of carbonyl (C=O) groups is 4. The van der Waals surface area contributed by atoms with E-state index in [-0.39, 0.29) is 43.8 Å². The van der Waals surface area contributed by atoms with Crippen LogP contribution in [0.4, 0.5) is 10.1 Å². The average molecular weight is 430 g/mol. The largest absolute Gasteiger partial charge is 0.481 e. The van der Waals surface area contributed by atoms with Gasteiger partial charge in [-0.05, 0) is 31.2 Å². The number of halogens is 1. The molecule has 2 heterocycles. The molecule has 0 radical (unpaired) electrons. The number of benzene rings is 1. The first-order valence-electron chi connectivity index (χ1n) is 9.80. The number of carboxylic acid groups (broad SMARTS) is 1. The number of aliphatic carboxylic acids is 1. The lowest BCUT2D eigenvalue weighted by Gasteiger charge is -2.18.